The van der Waals surface area contributed by atoms with Crippen LogP contribution in [0.5, 0.6) is 0 Å². The minimum absolute atomic E-state index is 0.0577. The minimum atomic E-state index is -3.87. The molecule has 9 heteroatoms. The first kappa shape index (κ1) is 24.0. The molecule has 0 atom stereocenters. The molecule has 7 nitrogen and oxygen atoms in total. The zero-order chi connectivity index (χ0) is 25.1. The lowest BCUT2D eigenvalue weighted by atomic mass is 10.1. The van der Waals surface area contributed by atoms with Crippen molar-refractivity contribution in [3.8, 4) is 11.3 Å². The second kappa shape index (κ2) is 10.1. The molecule has 0 saturated heterocycles. The van der Waals surface area contributed by atoms with Crippen LogP contribution in [0.1, 0.15) is 18.1 Å². The van der Waals surface area contributed by atoms with E-state index in [-0.39, 0.29) is 23.1 Å². The Kier molecular flexibility index (Phi) is 6.75. The Hall–Kier alpha value is -3.69. The molecule has 0 unspecified atom stereocenters. The number of aryl methyl sites for hydroxylation is 1. The zero-order valence-electron chi connectivity index (χ0n) is 19.6. The molecule has 0 radical (unpaired) electrons. The predicted octanol–water partition coefficient (Wildman–Crippen LogP) is 5.15. The molecule has 5 rings (SSSR count). The highest BCUT2D eigenvalue weighted by molar-refractivity contribution is 7.99. The van der Waals surface area contributed by atoms with E-state index < -0.39 is 10.0 Å². The Morgan fingerprint density at radius 1 is 0.972 bits per heavy atom. The van der Waals surface area contributed by atoms with E-state index in [1.807, 2.05) is 72.8 Å². The van der Waals surface area contributed by atoms with E-state index in [4.69, 9.17) is 0 Å². The van der Waals surface area contributed by atoms with Crippen LogP contribution in [-0.2, 0) is 27.8 Å². The standard InChI is InChI=1S/C27H24N4O3S2/c1-2-19-11-8-12-21(15-19)29-25(32)18-35-27-28-16-24-26(30-27)22-13-6-7-14-23(22)31(36(24,33)34)17-20-9-4-3-5-10-20/h3-16H,2,17-18H2,1H3,(H,29,32). The molecule has 0 saturated carbocycles. The maximum atomic E-state index is 13.6. The largest absolute Gasteiger partial charge is 0.325 e. The van der Waals surface area contributed by atoms with Crippen LogP contribution in [0.15, 0.2) is 95.1 Å². The number of carbonyl (C=O) groups excluding carboxylic acids is 1. The summed E-state index contributed by atoms with van der Waals surface area (Å²) in [7, 11) is -3.87. The number of sulfonamides is 1. The van der Waals surface area contributed by atoms with Crippen LogP contribution in [0, 0.1) is 0 Å². The number of aromatic nitrogens is 2. The SMILES string of the molecule is CCc1cccc(NC(=O)CSc2ncc3c(n2)-c2ccccc2N(Cc2ccccc2)S3(=O)=O)c1. The van der Waals surface area contributed by atoms with Crippen molar-refractivity contribution in [2.24, 2.45) is 0 Å². The fraction of sp³-hybridized carbons (Fsp3) is 0.148. The number of para-hydroxylation sites is 1. The van der Waals surface area contributed by atoms with Gasteiger partial charge in [-0.15, -0.1) is 0 Å². The number of rotatable bonds is 7. The second-order valence-electron chi connectivity index (χ2n) is 8.27. The van der Waals surface area contributed by atoms with Crippen molar-refractivity contribution in [1.82, 2.24) is 9.97 Å². The first-order valence-electron chi connectivity index (χ1n) is 11.5. The number of thioether (sulfide) groups is 1. The fourth-order valence-corrected chi connectivity index (χ4v) is 6.24. The Bertz CT molecular complexity index is 1530. The van der Waals surface area contributed by atoms with Crippen molar-refractivity contribution >= 4 is 39.1 Å². The van der Waals surface area contributed by atoms with E-state index in [0.29, 0.717) is 22.1 Å². The van der Waals surface area contributed by atoms with Gasteiger partial charge in [0, 0.05) is 11.3 Å². The number of hydrogen-bond donors (Lipinski definition) is 1. The molecule has 0 fully saturated rings. The Labute approximate surface area is 214 Å². The van der Waals surface area contributed by atoms with Crippen molar-refractivity contribution in [3.05, 3.63) is 96.2 Å². The third kappa shape index (κ3) is 4.84. The summed E-state index contributed by atoms with van der Waals surface area (Å²) >= 11 is 1.17. The summed E-state index contributed by atoms with van der Waals surface area (Å²) in [6.45, 7) is 2.26. The van der Waals surface area contributed by atoms with Crippen molar-refractivity contribution in [2.45, 2.75) is 29.9 Å². The van der Waals surface area contributed by atoms with Gasteiger partial charge in [-0.25, -0.2) is 18.4 Å². The summed E-state index contributed by atoms with van der Waals surface area (Å²) in [4.78, 5) is 21.4. The van der Waals surface area contributed by atoms with Crippen molar-refractivity contribution < 1.29 is 13.2 Å². The highest BCUT2D eigenvalue weighted by Gasteiger charge is 2.36. The van der Waals surface area contributed by atoms with Gasteiger partial charge in [-0.3, -0.25) is 9.10 Å². The molecule has 0 aliphatic carbocycles. The molecular formula is C27H24N4O3S2. The topological polar surface area (TPSA) is 92.3 Å². The van der Waals surface area contributed by atoms with Gasteiger partial charge < -0.3 is 5.32 Å². The molecule has 182 valence electrons. The molecule has 1 amide bonds. The van der Waals surface area contributed by atoms with Gasteiger partial charge in [0.2, 0.25) is 5.91 Å². The summed E-state index contributed by atoms with van der Waals surface area (Å²) in [6.07, 6.45) is 2.23. The molecule has 1 aliphatic rings. The van der Waals surface area contributed by atoms with Gasteiger partial charge in [0.05, 0.1) is 29.9 Å². The maximum Gasteiger partial charge on any atom is 0.268 e. The van der Waals surface area contributed by atoms with Gasteiger partial charge in [-0.05, 0) is 35.7 Å². The van der Waals surface area contributed by atoms with E-state index in [0.717, 1.165) is 23.2 Å². The summed E-state index contributed by atoms with van der Waals surface area (Å²) < 4.78 is 28.6. The van der Waals surface area contributed by atoms with Gasteiger partial charge in [-0.1, -0.05) is 79.3 Å². The number of amides is 1. The number of nitrogens with one attached hydrogen (secondary N) is 1. The van der Waals surface area contributed by atoms with Crippen LogP contribution in [-0.4, -0.2) is 30.0 Å². The third-order valence-electron chi connectivity index (χ3n) is 5.85. The monoisotopic (exact) mass is 516 g/mol. The van der Waals surface area contributed by atoms with Crippen LogP contribution in [0.4, 0.5) is 11.4 Å². The van der Waals surface area contributed by atoms with Gasteiger partial charge in [0.1, 0.15) is 4.90 Å². The molecule has 2 heterocycles. The average molecular weight is 517 g/mol. The average Bonchev–Trinajstić information content (AvgIpc) is 2.90. The molecular weight excluding hydrogens is 492 g/mol. The molecule has 1 N–H and O–H groups in total. The zero-order valence-corrected chi connectivity index (χ0v) is 21.2. The van der Waals surface area contributed by atoms with Crippen molar-refractivity contribution in [2.75, 3.05) is 15.4 Å². The molecule has 1 aromatic heterocycles. The highest BCUT2D eigenvalue weighted by Crippen LogP contribution is 2.42. The number of carbonyl (C=O) groups is 1. The van der Waals surface area contributed by atoms with E-state index in [2.05, 4.69) is 22.2 Å². The Morgan fingerprint density at radius 2 is 1.72 bits per heavy atom. The van der Waals surface area contributed by atoms with Crippen LogP contribution >= 0.6 is 11.8 Å². The predicted molar refractivity (Wildman–Crippen MR) is 142 cm³/mol. The number of fused-ring (bicyclic) bond motifs is 3. The summed E-state index contributed by atoms with van der Waals surface area (Å²) in [5.74, 6) is -0.0828. The molecule has 4 aromatic rings. The number of nitrogens with zero attached hydrogens (tertiary/aromatic N) is 3. The highest BCUT2D eigenvalue weighted by atomic mass is 32.2. The number of benzene rings is 3. The van der Waals surface area contributed by atoms with Gasteiger partial charge in [-0.2, -0.15) is 0 Å². The minimum Gasteiger partial charge on any atom is -0.325 e. The number of hydrogen-bond acceptors (Lipinski definition) is 6. The van der Waals surface area contributed by atoms with Crippen LogP contribution < -0.4 is 9.62 Å². The number of anilines is 2. The maximum absolute atomic E-state index is 13.6. The third-order valence-corrected chi connectivity index (χ3v) is 8.47. The first-order valence-corrected chi connectivity index (χ1v) is 13.9. The van der Waals surface area contributed by atoms with Crippen LogP contribution in [0.2, 0.25) is 0 Å². The van der Waals surface area contributed by atoms with E-state index in [1.165, 1.54) is 22.3 Å². The van der Waals surface area contributed by atoms with Crippen LogP contribution in [0.25, 0.3) is 11.3 Å². The lowest BCUT2D eigenvalue weighted by Gasteiger charge is -2.31. The van der Waals surface area contributed by atoms with Gasteiger partial charge in [0.25, 0.3) is 10.0 Å². The molecule has 1 aliphatic heterocycles. The Morgan fingerprint density at radius 3 is 2.53 bits per heavy atom. The first-order chi connectivity index (χ1) is 17.5. The van der Waals surface area contributed by atoms with E-state index in [9.17, 15) is 13.2 Å². The Balaban J connectivity index is 1.39. The fourth-order valence-electron chi connectivity index (χ4n) is 4.06. The summed E-state index contributed by atoms with van der Waals surface area (Å²) in [5.41, 5.74) is 4.39. The quantitative estimate of drug-likeness (QED) is 0.270. The van der Waals surface area contributed by atoms with Crippen molar-refractivity contribution in [3.63, 3.8) is 0 Å². The van der Waals surface area contributed by atoms with E-state index in [1.54, 1.807) is 6.07 Å². The molecule has 3 aromatic carbocycles. The van der Waals surface area contributed by atoms with Gasteiger partial charge in [0.15, 0.2) is 5.16 Å². The molecule has 0 bridgehead atoms. The molecule has 36 heavy (non-hydrogen) atoms. The lowest BCUT2D eigenvalue weighted by molar-refractivity contribution is -0.113. The van der Waals surface area contributed by atoms with Crippen LogP contribution in [0.3, 0.4) is 0 Å². The van der Waals surface area contributed by atoms with E-state index >= 15 is 0 Å². The van der Waals surface area contributed by atoms with Gasteiger partial charge >= 0.3 is 0 Å². The summed E-state index contributed by atoms with van der Waals surface area (Å²) in [6, 6.07) is 24.5. The molecule has 0 spiro atoms. The lowest BCUT2D eigenvalue weighted by Crippen LogP contribution is -2.34. The second-order valence-corrected chi connectivity index (χ2v) is 11.0. The van der Waals surface area contributed by atoms with Crippen molar-refractivity contribution in [1.29, 1.82) is 0 Å². The summed E-state index contributed by atoms with van der Waals surface area (Å²) in [5, 5.41) is 3.23. The smallest absolute Gasteiger partial charge is 0.268 e. The normalized spacial score (nSPS) is 13.5.